The zero-order chi connectivity index (χ0) is 17.4. The molecule has 0 amide bonds. The Morgan fingerprint density at radius 3 is 2.48 bits per heavy atom. The van der Waals surface area contributed by atoms with Gasteiger partial charge in [-0.15, -0.1) is 10.2 Å². The Hall–Kier alpha value is -3.52. The number of hydrogen-bond donors (Lipinski definition) is 4. The molecule has 4 N–H and O–H groups in total. The van der Waals surface area contributed by atoms with Crippen LogP contribution in [0, 0.1) is 0 Å². The van der Waals surface area contributed by atoms with Crippen LogP contribution in [0.2, 0.25) is 0 Å². The van der Waals surface area contributed by atoms with Gasteiger partial charge in [-0.1, -0.05) is 30.3 Å². The highest BCUT2D eigenvalue weighted by Crippen LogP contribution is 2.31. The third-order valence-electron chi connectivity index (χ3n) is 3.92. The van der Waals surface area contributed by atoms with Crippen molar-refractivity contribution < 1.29 is 15.0 Å². The Balaban J connectivity index is 1.79. The fourth-order valence-corrected chi connectivity index (χ4v) is 2.63. The number of aliphatic hydroxyl groups is 2. The highest BCUT2D eigenvalue weighted by atomic mass is 16.3. The minimum absolute atomic E-state index is 0.0169. The lowest BCUT2D eigenvalue weighted by Gasteiger charge is -2.24. The van der Waals surface area contributed by atoms with E-state index in [-0.39, 0.29) is 11.5 Å². The molecule has 25 heavy (non-hydrogen) atoms. The van der Waals surface area contributed by atoms with Gasteiger partial charge in [0.1, 0.15) is 5.70 Å². The molecule has 0 saturated heterocycles. The summed E-state index contributed by atoms with van der Waals surface area (Å²) in [6, 6.07) is 15.1. The molecule has 0 spiro atoms. The maximum atomic E-state index is 11.7. The number of ketones is 1. The van der Waals surface area contributed by atoms with Crippen LogP contribution in [-0.2, 0) is 4.79 Å². The number of benzene rings is 2. The first-order valence-corrected chi connectivity index (χ1v) is 7.50. The van der Waals surface area contributed by atoms with Crippen LogP contribution in [0.4, 0.5) is 5.69 Å². The number of anilines is 1. The molecule has 4 rings (SSSR count). The molecule has 8 heteroatoms. The molecule has 0 fully saturated rings. The predicted molar refractivity (Wildman–Crippen MR) is 89.3 cm³/mol. The minimum atomic E-state index is -1.45. The maximum absolute atomic E-state index is 11.7. The fraction of sp³-hybridized carbons (Fsp3) is 0.0588. The second-order valence-corrected chi connectivity index (χ2v) is 5.55. The summed E-state index contributed by atoms with van der Waals surface area (Å²) in [5.74, 6) is -0.515. The number of rotatable bonds is 4. The van der Waals surface area contributed by atoms with Crippen LogP contribution in [0.1, 0.15) is 0 Å². The highest BCUT2D eigenvalue weighted by molar-refractivity contribution is 6.10. The molecule has 2 aromatic carbocycles. The van der Waals surface area contributed by atoms with Gasteiger partial charge in [0.25, 0.3) is 0 Å². The standard InChI is InChI=1S/C17H13N5O3/c23-14-13(15(24)16(14)25)18-12-7-10(9-4-2-1-3-5-9)6-11(8-12)17-19-21-22-20-17/h1-8,16,18,23,25H,(H,19,20,21,22). The summed E-state index contributed by atoms with van der Waals surface area (Å²) in [6.07, 6.45) is -1.45. The lowest BCUT2D eigenvalue weighted by molar-refractivity contribution is -0.126. The zero-order valence-corrected chi connectivity index (χ0v) is 12.8. The topological polar surface area (TPSA) is 124 Å². The number of Topliss-reactive ketones (excluding diaryl/α,β-unsaturated/α-hetero) is 1. The molecule has 3 aromatic rings. The fourth-order valence-electron chi connectivity index (χ4n) is 2.63. The van der Waals surface area contributed by atoms with Crippen molar-refractivity contribution in [3.63, 3.8) is 0 Å². The molecule has 0 aliphatic heterocycles. The largest absolute Gasteiger partial charge is 0.507 e. The van der Waals surface area contributed by atoms with Crippen LogP contribution in [-0.4, -0.2) is 42.7 Å². The number of carbonyl (C=O) groups excluding carboxylic acids is 1. The van der Waals surface area contributed by atoms with Crippen molar-refractivity contribution in [3.8, 4) is 22.5 Å². The van der Waals surface area contributed by atoms with Gasteiger partial charge in [-0.3, -0.25) is 4.79 Å². The highest BCUT2D eigenvalue weighted by Gasteiger charge is 2.38. The Labute approximate surface area is 141 Å². The van der Waals surface area contributed by atoms with Crippen LogP contribution in [0.3, 0.4) is 0 Å². The Morgan fingerprint density at radius 1 is 1.04 bits per heavy atom. The van der Waals surface area contributed by atoms with Gasteiger partial charge < -0.3 is 15.5 Å². The van der Waals surface area contributed by atoms with E-state index >= 15 is 0 Å². The van der Waals surface area contributed by atoms with Crippen LogP contribution in [0.15, 0.2) is 60.0 Å². The Kier molecular flexibility index (Phi) is 3.51. The molecule has 1 unspecified atom stereocenters. The number of H-pyrrole nitrogens is 1. The number of aliphatic hydroxyl groups excluding tert-OH is 2. The minimum Gasteiger partial charge on any atom is -0.507 e. The van der Waals surface area contributed by atoms with Crippen molar-refractivity contribution in [2.24, 2.45) is 0 Å². The van der Waals surface area contributed by atoms with Crippen molar-refractivity contribution in [2.45, 2.75) is 6.10 Å². The van der Waals surface area contributed by atoms with E-state index in [9.17, 15) is 15.0 Å². The van der Waals surface area contributed by atoms with Crippen LogP contribution < -0.4 is 5.32 Å². The molecule has 0 bridgehead atoms. The first-order chi connectivity index (χ1) is 12.1. The van der Waals surface area contributed by atoms with Crippen molar-refractivity contribution in [3.05, 3.63) is 60.0 Å². The van der Waals surface area contributed by atoms with E-state index in [0.29, 0.717) is 17.1 Å². The molecule has 1 heterocycles. The van der Waals surface area contributed by atoms with E-state index in [4.69, 9.17) is 0 Å². The van der Waals surface area contributed by atoms with Crippen LogP contribution in [0.25, 0.3) is 22.5 Å². The van der Waals surface area contributed by atoms with E-state index in [1.54, 1.807) is 6.07 Å². The monoisotopic (exact) mass is 335 g/mol. The second kappa shape index (κ2) is 5.84. The number of nitrogens with zero attached hydrogens (tertiary/aromatic N) is 3. The average Bonchev–Trinajstić information content (AvgIpc) is 3.20. The van der Waals surface area contributed by atoms with E-state index < -0.39 is 11.9 Å². The summed E-state index contributed by atoms with van der Waals surface area (Å²) in [5, 5.41) is 35.8. The van der Waals surface area contributed by atoms with E-state index in [2.05, 4.69) is 25.9 Å². The predicted octanol–water partition coefficient (Wildman–Crippen LogP) is 1.66. The van der Waals surface area contributed by atoms with Gasteiger partial charge in [-0.25, -0.2) is 0 Å². The van der Waals surface area contributed by atoms with Gasteiger partial charge in [0.15, 0.2) is 11.9 Å². The average molecular weight is 335 g/mol. The molecule has 124 valence electrons. The zero-order valence-electron chi connectivity index (χ0n) is 12.8. The maximum Gasteiger partial charge on any atom is 0.218 e. The van der Waals surface area contributed by atoms with Gasteiger partial charge in [0.2, 0.25) is 11.6 Å². The number of tetrazole rings is 1. The Bertz CT molecular complexity index is 967. The number of nitrogens with one attached hydrogen (secondary N) is 2. The van der Waals surface area contributed by atoms with Crippen LogP contribution >= 0.6 is 0 Å². The second-order valence-electron chi connectivity index (χ2n) is 5.55. The van der Waals surface area contributed by atoms with Gasteiger partial charge in [-0.05, 0) is 34.5 Å². The third kappa shape index (κ3) is 2.64. The number of aromatic amines is 1. The lowest BCUT2D eigenvalue weighted by atomic mass is 9.96. The summed E-state index contributed by atoms with van der Waals surface area (Å²) in [6.45, 7) is 0. The van der Waals surface area contributed by atoms with Crippen molar-refractivity contribution in [2.75, 3.05) is 5.32 Å². The van der Waals surface area contributed by atoms with Crippen molar-refractivity contribution in [1.82, 2.24) is 20.6 Å². The molecule has 0 radical (unpaired) electrons. The molecule has 1 aromatic heterocycles. The van der Waals surface area contributed by atoms with E-state index in [1.165, 1.54) is 0 Å². The first-order valence-electron chi connectivity index (χ1n) is 7.50. The summed E-state index contributed by atoms with van der Waals surface area (Å²) in [5.41, 5.74) is 3.07. The molecule has 1 aliphatic carbocycles. The molecule has 1 atom stereocenters. The smallest absolute Gasteiger partial charge is 0.218 e. The molecular formula is C17H13N5O3. The van der Waals surface area contributed by atoms with Gasteiger partial charge in [0, 0.05) is 11.3 Å². The SMILES string of the molecule is O=C1C(Nc2cc(-c3ccccc3)cc(-c3nn[nH]n3)c2)=C(O)C1O. The number of hydrogen-bond acceptors (Lipinski definition) is 7. The summed E-state index contributed by atoms with van der Waals surface area (Å²) in [7, 11) is 0. The van der Waals surface area contributed by atoms with Crippen LogP contribution in [0.5, 0.6) is 0 Å². The molecular weight excluding hydrogens is 322 g/mol. The van der Waals surface area contributed by atoms with Gasteiger partial charge in [0.05, 0.1) is 0 Å². The van der Waals surface area contributed by atoms with E-state index in [1.807, 2.05) is 42.5 Å². The third-order valence-corrected chi connectivity index (χ3v) is 3.92. The molecule has 1 aliphatic rings. The quantitative estimate of drug-likeness (QED) is 0.571. The summed E-state index contributed by atoms with van der Waals surface area (Å²) in [4.78, 5) is 11.7. The van der Waals surface area contributed by atoms with Gasteiger partial charge in [-0.2, -0.15) is 5.21 Å². The van der Waals surface area contributed by atoms with Gasteiger partial charge >= 0.3 is 0 Å². The Morgan fingerprint density at radius 2 is 1.80 bits per heavy atom. The summed E-state index contributed by atoms with van der Waals surface area (Å²) >= 11 is 0. The number of aromatic nitrogens is 4. The summed E-state index contributed by atoms with van der Waals surface area (Å²) < 4.78 is 0. The normalized spacial score (nSPS) is 16.7. The first kappa shape index (κ1) is 15.0. The molecule has 0 saturated carbocycles. The van der Waals surface area contributed by atoms with Crippen molar-refractivity contribution in [1.29, 1.82) is 0 Å². The molecule has 8 nitrogen and oxygen atoms in total. The lowest BCUT2D eigenvalue weighted by Crippen LogP contribution is -2.39. The van der Waals surface area contributed by atoms with E-state index in [0.717, 1.165) is 11.1 Å². The van der Waals surface area contributed by atoms with Crippen molar-refractivity contribution >= 4 is 11.5 Å². The number of carbonyl (C=O) groups is 1.